The first-order valence-electron chi connectivity index (χ1n) is 7.92. The highest BCUT2D eigenvalue weighted by molar-refractivity contribution is 5.95. The lowest BCUT2D eigenvalue weighted by Gasteiger charge is -2.30. The number of nitrogens with two attached hydrogens (primary N) is 1. The Morgan fingerprint density at radius 3 is 2.38 bits per heavy atom. The third kappa shape index (κ3) is 2.89. The Labute approximate surface area is 142 Å². The molecular weight excluding hydrogens is 304 g/mol. The zero-order valence-corrected chi connectivity index (χ0v) is 14.3. The van der Waals surface area contributed by atoms with Crippen molar-refractivity contribution in [3.05, 3.63) is 52.6 Å². The van der Waals surface area contributed by atoms with Crippen molar-refractivity contribution in [3.8, 4) is 11.5 Å². The zero-order valence-electron chi connectivity index (χ0n) is 14.3. The van der Waals surface area contributed by atoms with E-state index < -0.39 is 0 Å². The predicted octanol–water partition coefficient (Wildman–Crippen LogP) is 2.79. The fraction of sp³-hybridized carbons (Fsp3) is 0.316. The van der Waals surface area contributed by atoms with E-state index in [1.54, 1.807) is 20.3 Å². The second-order valence-corrected chi connectivity index (χ2v) is 6.02. The Morgan fingerprint density at radius 1 is 1.08 bits per heavy atom. The van der Waals surface area contributed by atoms with E-state index in [9.17, 15) is 4.79 Å². The normalized spacial score (nSPS) is 13.4. The predicted molar refractivity (Wildman–Crippen MR) is 93.6 cm³/mol. The third-order valence-electron chi connectivity index (χ3n) is 4.53. The lowest BCUT2D eigenvalue weighted by atomic mass is 9.98. The molecule has 1 aliphatic rings. The van der Waals surface area contributed by atoms with Crippen molar-refractivity contribution >= 4 is 11.6 Å². The minimum absolute atomic E-state index is 0.00198. The lowest BCUT2D eigenvalue weighted by Crippen LogP contribution is -2.36. The SMILES string of the molecule is COc1cc2c(cc1OC)CN(C(=O)c1ccc(C)c(N)c1)CC2. The first kappa shape index (κ1) is 16.2. The maximum atomic E-state index is 12.8. The summed E-state index contributed by atoms with van der Waals surface area (Å²) in [5, 5.41) is 0. The molecule has 0 saturated carbocycles. The molecule has 0 saturated heterocycles. The number of ether oxygens (including phenoxy) is 2. The molecule has 5 nitrogen and oxygen atoms in total. The first-order valence-corrected chi connectivity index (χ1v) is 7.92. The van der Waals surface area contributed by atoms with Crippen molar-refractivity contribution in [2.45, 2.75) is 19.9 Å². The second kappa shape index (κ2) is 6.43. The molecule has 3 rings (SSSR count). The highest BCUT2D eigenvalue weighted by Gasteiger charge is 2.24. The van der Waals surface area contributed by atoms with Crippen LogP contribution < -0.4 is 15.2 Å². The molecule has 1 aliphatic heterocycles. The van der Waals surface area contributed by atoms with Crippen molar-refractivity contribution < 1.29 is 14.3 Å². The van der Waals surface area contributed by atoms with Crippen LogP contribution in [-0.2, 0) is 13.0 Å². The molecule has 0 radical (unpaired) electrons. The minimum Gasteiger partial charge on any atom is -0.493 e. The number of amides is 1. The van der Waals surface area contributed by atoms with Gasteiger partial charge in [0.2, 0.25) is 0 Å². The molecule has 2 aromatic carbocycles. The smallest absolute Gasteiger partial charge is 0.254 e. The van der Waals surface area contributed by atoms with E-state index in [0.717, 1.165) is 23.3 Å². The number of benzene rings is 2. The molecule has 2 aromatic rings. The molecule has 24 heavy (non-hydrogen) atoms. The number of anilines is 1. The van der Waals surface area contributed by atoms with Crippen LogP contribution >= 0.6 is 0 Å². The Balaban J connectivity index is 1.86. The zero-order chi connectivity index (χ0) is 17.3. The number of carbonyl (C=O) groups is 1. The van der Waals surface area contributed by atoms with E-state index in [4.69, 9.17) is 15.2 Å². The molecule has 5 heteroatoms. The number of hydrogen-bond donors (Lipinski definition) is 1. The molecule has 1 heterocycles. The fourth-order valence-electron chi connectivity index (χ4n) is 3.01. The van der Waals surface area contributed by atoms with Crippen LogP contribution in [0.5, 0.6) is 11.5 Å². The summed E-state index contributed by atoms with van der Waals surface area (Å²) in [6.45, 7) is 3.16. The van der Waals surface area contributed by atoms with E-state index in [1.807, 2.05) is 36.1 Å². The number of rotatable bonds is 3. The van der Waals surface area contributed by atoms with E-state index in [2.05, 4.69) is 0 Å². The van der Waals surface area contributed by atoms with Crippen LogP contribution in [0.2, 0.25) is 0 Å². The number of fused-ring (bicyclic) bond motifs is 1. The summed E-state index contributed by atoms with van der Waals surface area (Å²) in [4.78, 5) is 14.6. The number of carbonyl (C=O) groups excluding carboxylic acids is 1. The van der Waals surface area contributed by atoms with Gasteiger partial charge in [-0.25, -0.2) is 0 Å². The maximum absolute atomic E-state index is 12.8. The van der Waals surface area contributed by atoms with Gasteiger partial charge in [-0.1, -0.05) is 6.07 Å². The number of hydrogen-bond acceptors (Lipinski definition) is 4. The average molecular weight is 326 g/mol. The summed E-state index contributed by atoms with van der Waals surface area (Å²) in [6, 6.07) is 9.42. The molecule has 0 aliphatic carbocycles. The van der Waals surface area contributed by atoms with Gasteiger partial charge in [0.25, 0.3) is 5.91 Å². The molecular formula is C19H22N2O3. The third-order valence-corrected chi connectivity index (χ3v) is 4.53. The Hall–Kier alpha value is -2.69. The lowest BCUT2D eigenvalue weighted by molar-refractivity contribution is 0.0734. The highest BCUT2D eigenvalue weighted by Crippen LogP contribution is 2.33. The van der Waals surface area contributed by atoms with Gasteiger partial charge < -0.3 is 20.1 Å². The van der Waals surface area contributed by atoms with Crippen LogP contribution in [0.1, 0.15) is 27.0 Å². The van der Waals surface area contributed by atoms with Crippen LogP contribution in [-0.4, -0.2) is 31.6 Å². The number of nitrogens with zero attached hydrogens (tertiary/aromatic N) is 1. The van der Waals surface area contributed by atoms with Gasteiger partial charge in [-0.15, -0.1) is 0 Å². The summed E-state index contributed by atoms with van der Waals surface area (Å²) in [5.41, 5.74) is 10.5. The van der Waals surface area contributed by atoms with Crippen LogP contribution in [0.4, 0.5) is 5.69 Å². The Morgan fingerprint density at radius 2 is 1.75 bits per heavy atom. The Bertz CT molecular complexity index is 786. The van der Waals surface area contributed by atoms with Gasteiger partial charge in [0, 0.05) is 24.3 Å². The molecule has 0 unspecified atom stereocenters. The van der Waals surface area contributed by atoms with Crippen molar-refractivity contribution in [2.24, 2.45) is 0 Å². The summed E-state index contributed by atoms with van der Waals surface area (Å²) in [6.07, 6.45) is 0.794. The average Bonchev–Trinajstić information content (AvgIpc) is 2.61. The van der Waals surface area contributed by atoms with Crippen LogP contribution in [0.25, 0.3) is 0 Å². The van der Waals surface area contributed by atoms with Crippen molar-refractivity contribution in [1.29, 1.82) is 0 Å². The van der Waals surface area contributed by atoms with Gasteiger partial charge in [-0.2, -0.15) is 0 Å². The van der Waals surface area contributed by atoms with Crippen LogP contribution in [0.15, 0.2) is 30.3 Å². The van der Waals surface area contributed by atoms with E-state index in [0.29, 0.717) is 30.1 Å². The molecule has 0 bridgehead atoms. The van der Waals surface area contributed by atoms with Crippen LogP contribution in [0.3, 0.4) is 0 Å². The summed E-state index contributed by atoms with van der Waals surface area (Å²) in [5.74, 6) is 1.41. The van der Waals surface area contributed by atoms with Crippen molar-refractivity contribution in [3.63, 3.8) is 0 Å². The summed E-state index contributed by atoms with van der Waals surface area (Å²) in [7, 11) is 3.25. The van der Waals surface area contributed by atoms with Gasteiger partial charge in [0.15, 0.2) is 11.5 Å². The molecule has 0 atom stereocenters. The second-order valence-electron chi connectivity index (χ2n) is 6.02. The van der Waals surface area contributed by atoms with E-state index in [-0.39, 0.29) is 5.91 Å². The molecule has 2 N–H and O–H groups in total. The highest BCUT2D eigenvalue weighted by atomic mass is 16.5. The van der Waals surface area contributed by atoms with Gasteiger partial charge in [-0.05, 0) is 54.3 Å². The molecule has 0 spiro atoms. The molecule has 126 valence electrons. The van der Waals surface area contributed by atoms with Gasteiger partial charge >= 0.3 is 0 Å². The number of aryl methyl sites for hydroxylation is 1. The molecule has 0 aromatic heterocycles. The monoisotopic (exact) mass is 326 g/mol. The quantitative estimate of drug-likeness (QED) is 0.881. The van der Waals surface area contributed by atoms with Crippen molar-refractivity contribution in [2.75, 3.05) is 26.5 Å². The van der Waals surface area contributed by atoms with Gasteiger partial charge in [0.05, 0.1) is 14.2 Å². The summed E-state index contributed by atoms with van der Waals surface area (Å²) >= 11 is 0. The number of nitrogen functional groups attached to an aromatic ring is 1. The number of methoxy groups -OCH3 is 2. The summed E-state index contributed by atoms with van der Waals surface area (Å²) < 4.78 is 10.7. The van der Waals surface area contributed by atoms with Crippen molar-refractivity contribution in [1.82, 2.24) is 4.90 Å². The van der Waals surface area contributed by atoms with E-state index in [1.165, 1.54) is 5.56 Å². The standard InChI is InChI=1S/C19H22N2O3/c1-12-4-5-14(8-16(12)20)19(22)21-7-6-13-9-17(23-2)18(24-3)10-15(13)11-21/h4-5,8-10H,6-7,11,20H2,1-3H3. The minimum atomic E-state index is 0.00198. The fourth-order valence-corrected chi connectivity index (χ4v) is 3.01. The first-order chi connectivity index (χ1) is 11.5. The molecule has 0 fully saturated rings. The Kier molecular flexibility index (Phi) is 4.34. The van der Waals surface area contributed by atoms with Gasteiger partial charge in [0.1, 0.15) is 0 Å². The largest absolute Gasteiger partial charge is 0.493 e. The van der Waals surface area contributed by atoms with Crippen LogP contribution in [0, 0.1) is 6.92 Å². The topological polar surface area (TPSA) is 64.8 Å². The maximum Gasteiger partial charge on any atom is 0.254 e. The molecule has 1 amide bonds. The van der Waals surface area contributed by atoms with E-state index >= 15 is 0 Å². The van der Waals surface area contributed by atoms with Gasteiger partial charge in [-0.3, -0.25) is 4.79 Å².